The Morgan fingerprint density at radius 1 is 0.909 bits per heavy atom. The molecule has 0 atom stereocenters. The minimum Gasteiger partial charge on any atom is -0.299 e. The Morgan fingerprint density at radius 2 is 1.52 bits per heavy atom. The van der Waals surface area contributed by atoms with Gasteiger partial charge in [-0.2, -0.15) is 13.2 Å². The molecule has 0 fully saturated rings. The first-order valence-corrected chi connectivity index (χ1v) is 10.4. The predicted octanol–water partition coefficient (Wildman–Crippen LogP) is 5.28. The molecule has 4 rings (SSSR count). The zero-order valence-corrected chi connectivity index (χ0v) is 18.1. The Balaban J connectivity index is 1.49. The molecule has 168 valence electrons. The van der Waals surface area contributed by atoms with E-state index < -0.39 is 11.7 Å². The van der Waals surface area contributed by atoms with Crippen LogP contribution in [0.25, 0.3) is 10.9 Å². The van der Waals surface area contributed by atoms with E-state index in [2.05, 4.69) is 4.98 Å². The van der Waals surface area contributed by atoms with Gasteiger partial charge in [-0.15, -0.1) is 0 Å². The Hall–Kier alpha value is -3.74. The molecule has 0 saturated heterocycles. The molecule has 0 aliphatic carbocycles. The van der Waals surface area contributed by atoms with E-state index in [1.54, 1.807) is 35.9 Å². The fourth-order valence-corrected chi connectivity index (χ4v) is 3.80. The van der Waals surface area contributed by atoms with E-state index in [1.165, 1.54) is 12.1 Å². The molecular formula is C26H21F3N2O2. The van der Waals surface area contributed by atoms with Crippen molar-refractivity contribution in [1.29, 1.82) is 0 Å². The van der Waals surface area contributed by atoms with E-state index >= 15 is 0 Å². The number of aromatic nitrogens is 2. The summed E-state index contributed by atoms with van der Waals surface area (Å²) < 4.78 is 39.7. The summed E-state index contributed by atoms with van der Waals surface area (Å²) in [6, 6.07) is 16.7. The van der Waals surface area contributed by atoms with Crippen LogP contribution in [0.1, 0.15) is 38.4 Å². The first-order chi connectivity index (χ1) is 15.6. The molecule has 0 amide bonds. The molecule has 0 radical (unpaired) electrons. The second-order valence-electron chi connectivity index (χ2n) is 7.96. The number of halogens is 3. The highest BCUT2D eigenvalue weighted by Crippen LogP contribution is 2.29. The topological polar surface area (TPSA) is 52.0 Å². The van der Waals surface area contributed by atoms with Crippen LogP contribution in [0.4, 0.5) is 13.2 Å². The molecule has 7 heteroatoms. The summed E-state index contributed by atoms with van der Waals surface area (Å²) in [4.78, 5) is 30.0. The summed E-state index contributed by atoms with van der Waals surface area (Å²) in [5, 5.41) is 0.620. The summed E-state index contributed by atoms with van der Waals surface area (Å²) in [7, 11) is 1.71. The molecule has 4 nitrogen and oxygen atoms in total. The van der Waals surface area contributed by atoms with Gasteiger partial charge in [-0.25, -0.2) is 4.98 Å². The zero-order chi connectivity index (χ0) is 23.8. The van der Waals surface area contributed by atoms with Gasteiger partial charge in [0.15, 0.2) is 5.78 Å². The fraction of sp³-hybridized carbons (Fsp3) is 0.192. The zero-order valence-electron chi connectivity index (χ0n) is 18.1. The van der Waals surface area contributed by atoms with Crippen LogP contribution < -0.4 is 5.56 Å². The van der Waals surface area contributed by atoms with E-state index in [9.17, 15) is 22.8 Å². The highest BCUT2D eigenvalue weighted by Gasteiger charge is 2.30. The number of carbonyl (C=O) groups excluding carboxylic acids is 1. The average Bonchev–Trinajstić information content (AvgIpc) is 2.80. The summed E-state index contributed by atoms with van der Waals surface area (Å²) in [5.41, 5.74) is 2.24. The fourth-order valence-electron chi connectivity index (χ4n) is 3.80. The molecule has 0 unspecified atom stereocenters. The van der Waals surface area contributed by atoms with Crippen molar-refractivity contribution in [1.82, 2.24) is 9.55 Å². The molecule has 1 heterocycles. The molecule has 1 aromatic heterocycles. The third-order valence-corrected chi connectivity index (χ3v) is 5.73. The van der Waals surface area contributed by atoms with Gasteiger partial charge in [0, 0.05) is 24.6 Å². The van der Waals surface area contributed by atoms with Crippen LogP contribution in [0.2, 0.25) is 0 Å². The SMILES string of the molecule is Cc1cccc2nc(CCc3ccc(C(=O)c4ccc(C(F)(F)F)cc4)cc3)n(C)c(=O)c12. The van der Waals surface area contributed by atoms with E-state index in [0.717, 1.165) is 23.3 Å². The Labute approximate surface area is 188 Å². The summed E-state index contributed by atoms with van der Waals surface area (Å²) in [5.74, 6) is 0.326. The van der Waals surface area contributed by atoms with Crippen molar-refractivity contribution in [2.24, 2.45) is 7.05 Å². The Kier molecular flexibility index (Phi) is 5.89. The number of hydrogen-bond donors (Lipinski definition) is 0. The number of fused-ring (bicyclic) bond motifs is 1. The number of alkyl halides is 3. The lowest BCUT2D eigenvalue weighted by Crippen LogP contribution is -2.23. The molecular weight excluding hydrogens is 429 g/mol. The third-order valence-electron chi connectivity index (χ3n) is 5.73. The molecule has 0 spiro atoms. The quantitative estimate of drug-likeness (QED) is 0.389. The van der Waals surface area contributed by atoms with Gasteiger partial charge in [0.05, 0.1) is 16.5 Å². The number of benzene rings is 3. The van der Waals surface area contributed by atoms with Crippen molar-refractivity contribution in [2.75, 3.05) is 0 Å². The van der Waals surface area contributed by atoms with Crippen LogP contribution in [-0.4, -0.2) is 15.3 Å². The van der Waals surface area contributed by atoms with Crippen LogP contribution in [0.15, 0.2) is 71.5 Å². The first kappa shape index (κ1) is 22.5. The van der Waals surface area contributed by atoms with Gasteiger partial charge in [-0.1, -0.05) is 48.5 Å². The minimum absolute atomic E-state index is 0.0782. The highest BCUT2D eigenvalue weighted by atomic mass is 19.4. The molecule has 33 heavy (non-hydrogen) atoms. The van der Waals surface area contributed by atoms with Gasteiger partial charge >= 0.3 is 6.18 Å². The average molecular weight is 450 g/mol. The van der Waals surface area contributed by atoms with Gasteiger partial charge in [0.25, 0.3) is 5.56 Å². The van der Waals surface area contributed by atoms with E-state index in [-0.39, 0.29) is 16.9 Å². The molecule has 0 aliphatic heterocycles. The molecule has 0 N–H and O–H groups in total. The maximum Gasteiger partial charge on any atom is 0.416 e. The van der Waals surface area contributed by atoms with Gasteiger partial charge in [-0.05, 0) is 42.7 Å². The van der Waals surface area contributed by atoms with Crippen molar-refractivity contribution in [3.63, 3.8) is 0 Å². The van der Waals surface area contributed by atoms with Crippen molar-refractivity contribution in [2.45, 2.75) is 25.9 Å². The number of aryl methyl sites for hydroxylation is 3. The number of nitrogens with zero attached hydrogens (tertiary/aromatic N) is 2. The van der Waals surface area contributed by atoms with Gasteiger partial charge in [0.1, 0.15) is 5.82 Å². The van der Waals surface area contributed by atoms with Crippen molar-refractivity contribution < 1.29 is 18.0 Å². The Bertz CT molecular complexity index is 1390. The van der Waals surface area contributed by atoms with Gasteiger partial charge in [-0.3, -0.25) is 14.2 Å². The smallest absolute Gasteiger partial charge is 0.299 e. The number of carbonyl (C=O) groups is 1. The maximum absolute atomic E-state index is 12.7. The number of rotatable bonds is 5. The largest absolute Gasteiger partial charge is 0.416 e. The summed E-state index contributed by atoms with van der Waals surface area (Å²) in [6.45, 7) is 1.89. The lowest BCUT2D eigenvalue weighted by atomic mass is 9.99. The normalized spacial score (nSPS) is 11.7. The molecule has 0 bridgehead atoms. The lowest BCUT2D eigenvalue weighted by Gasteiger charge is -2.11. The van der Waals surface area contributed by atoms with E-state index in [0.29, 0.717) is 35.1 Å². The number of hydrogen-bond acceptors (Lipinski definition) is 3. The van der Waals surface area contributed by atoms with Crippen LogP contribution in [0, 0.1) is 6.92 Å². The molecule has 0 aliphatic rings. The molecule has 4 aromatic rings. The van der Waals surface area contributed by atoms with E-state index in [1.807, 2.05) is 25.1 Å². The second kappa shape index (κ2) is 8.65. The van der Waals surface area contributed by atoms with Gasteiger partial charge < -0.3 is 0 Å². The predicted molar refractivity (Wildman–Crippen MR) is 120 cm³/mol. The van der Waals surface area contributed by atoms with Crippen LogP contribution >= 0.6 is 0 Å². The first-order valence-electron chi connectivity index (χ1n) is 10.4. The van der Waals surface area contributed by atoms with Crippen LogP contribution in [-0.2, 0) is 26.1 Å². The Morgan fingerprint density at radius 3 is 2.12 bits per heavy atom. The monoisotopic (exact) mass is 450 g/mol. The second-order valence-corrected chi connectivity index (χ2v) is 7.96. The van der Waals surface area contributed by atoms with Crippen molar-refractivity contribution in [3.05, 3.63) is 111 Å². The third kappa shape index (κ3) is 4.58. The van der Waals surface area contributed by atoms with Crippen LogP contribution in [0.3, 0.4) is 0 Å². The van der Waals surface area contributed by atoms with E-state index in [4.69, 9.17) is 0 Å². The summed E-state index contributed by atoms with van der Waals surface area (Å²) in [6.07, 6.45) is -3.28. The lowest BCUT2D eigenvalue weighted by molar-refractivity contribution is -0.137. The van der Waals surface area contributed by atoms with Gasteiger partial charge in [0.2, 0.25) is 0 Å². The molecule has 3 aromatic carbocycles. The highest BCUT2D eigenvalue weighted by molar-refractivity contribution is 6.09. The van der Waals surface area contributed by atoms with Crippen LogP contribution in [0.5, 0.6) is 0 Å². The number of ketones is 1. The van der Waals surface area contributed by atoms with Crippen molar-refractivity contribution >= 4 is 16.7 Å². The standard InChI is InChI=1S/C26H21F3N2O2/c1-16-4-3-5-21-23(16)25(33)31(2)22(30-21)15-8-17-6-9-18(10-7-17)24(32)19-11-13-20(14-12-19)26(27,28)29/h3-7,9-14H,8,15H2,1-2H3. The summed E-state index contributed by atoms with van der Waals surface area (Å²) >= 11 is 0. The maximum atomic E-state index is 12.7. The molecule has 0 saturated carbocycles. The minimum atomic E-state index is -4.44. The van der Waals surface area contributed by atoms with Crippen molar-refractivity contribution in [3.8, 4) is 0 Å².